The summed E-state index contributed by atoms with van der Waals surface area (Å²) in [5, 5.41) is 0.722. The summed E-state index contributed by atoms with van der Waals surface area (Å²) in [6, 6.07) is 0.208. The largest absolute Gasteiger partial charge is 0.498 e. The Balaban J connectivity index is 1.52. The van der Waals surface area contributed by atoms with Crippen molar-refractivity contribution in [1.82, 2.24) is 14.9 Å². The third kappa shape index (κ3) is 6.14. The number of likely N-dealkylation sites (tertiary alicyclic amines) is 1. The minimum atomic E-state index is -0.472. The minimum absolute atomic E-state index is 0.204. The molecule has 1 amide bonds. The van der Waals surface area contributed by atoms with E-state index < -0.39 is 12.7 Å². The molecule has 0 bridgehead atoms. The van der Waals surface area contributed by atoms with Crippen molar-refractivity contribution in [3.05, 3.63) is 12.4 Å². The van der Waals surface area contributed by atoms with Gasteiger partial charge in [-0.2, -0.15) is 0 Å². The van der Waals surface area contributed by atoms with Crippen LogP contribution in [0.15, 0.2) is 17.6 Å². The lowest BCUT2D eigenvalue weighted by Gasteiger charge is -2.36. The average molecular weight is 449 g/mol. The fourth-order valence-electron chi connectivity index (χ4n) is 3.65. The molecule has 2 aliphatic rings. The van der Waals surface area contributed by atoms with Crippen molar-refractivity contribution in [3.8, 4) is 0 Å². The van der Waals surface area contributed by atoms with Crippen LogP contribution in [0.2, 0.25) is 0 Å². The van der Waals surface area contributed by atoms with E-state index in [1.807, 2.05) is 53.4 Å². The molecule has 9 heteroatoms. The Labute approximate surface area is 191 Å². The molecule has 3 rings (SSSR count). The second kappa shape index (κ2) is 9.28. The zero-order valence-electron chi connectivity index (χ0n) is 19.9. The van der Waals surface area contributed by atoms with Crippen LogP contribution in [0.4, 0.5) is 4.79 Å². The molecule has 1 aromatic rings. The van der Waals surface area contributed by atoms with Crippen LogP contribution < -0.4 is 5.46 Å². The predicted octanol–water partition coefficient (Wildman–Crippen LogP) is 4.05. The third-order valence-corrected chi connectivity index (χ3v) is 7.02. The summed E-state index contributed by atoms with van der Waals surface area (Å²) < 4.78 is 17.7. The average Bonchev–Trinajstić information content (AvgIpc) is 2.88. The number of hydrogen-bond acceptors (Lipinski definition) is 7. The van der Waals surface area contributed by atoms with Gasteiger partial charge in [-0.3, -0.25) is 0 Å². The van der Waals surface area contributed by atoms with Crippen molar-refractivity contribution in [2.24, 2.45) is 0 Å². The first-order chi connectivity index (χ1) is 14.4. The Hall–Kier alpha value is -1.32. The monoisotopic (exact) mass is 449 g/mol. The number of carbonyl (C=O) groups excluding carboxylic acids is 1. The number of piperidine rings is 1. The number of hydrogen-bond donors (Lipinski definition) is 0. The van der Waals surface area contributed by atoms with E-state index in [0.717, 1.165) is 48.6 Å². The van der Waals surface area contributed by atoms with Gasteiger partial charge in [-0.15, -0.1) is 0 Å². The second-order valence-electron chi connectivity index (χ2n) is 10.3. The maximum absolute atomic E-state index is 12.6. The highest BCUT2D eigenvalue weighted by molar-refractivity contribution is 7.99. The minimum Gasteiger partial charge on any atom is -0.444 e. The lowest BCUT2D eigenvalue weighted by Crippen LogP contribution is -2.46. The molecule has 2 fully saturated rings. The number of nitrogens with zero attached hydrogens (tertiary/aromatic N) is 3. The SMILES string of the molecule is CC(C)(C)OC(=O)N1CCCC[C@@H]1CCSc1ncc(B2OC(C)(C)C(C)(C)O2)cn1. The van der Waals surface area contributed by atoms with E-state index in [-0.39, 0.29) is 23.3 Å². The standard InChI is InChI=1S/C22H36BN3O4S/c1-20(2,3)28-19(27)26-12-9-8-10-17(26)11-13-31-18-24-14-16(15-25-18)23-29-21(4,5)22(6,7)30-23/h14-15,17H,8-13H2,1-7H3/t17-/m1/s1. The van der Waals surface area contributed by atoms with Crippen molar-refractivity contribution in [1.29, 1.82) is 0 Å². The first-order valence-corrected chi connectivity index (χ1v) is 12.2. The van der Waals surface area contributed by atoms with Crippen LogP contribution in [0.1, 0.15) is 74.1 Å². The first-order valence-electron chi connectivity index (χ1n) is 11.2. The van der Waals surface area contributed by atoms with Gasteiger partial charge in [0.1, 0.15) is 5.60 Å². The summed E-state index contributed by atoms with van der Waals surface area (Å²) in [6.07, 6.45) is 7.45. The van der Waals surface area contributed by atoms with Gasteiger partial charge >= 0.3 is 13.2 Å². The number of ether oxygens (including phenoxy) is 1. The van der Waals surface area contributed by atoms with E-state index in [1.165, 1.54) is 0 Å². The Kier molecular flexibility index (Phi) is 7.28. The van der Waals surface area contributed by atoms with Gasteiger partial charge in [-0.05, 0) is 74.1 Å². The summed E-state index contributed by atoms with van der Waals surface area (Å²) in [5.74, 6) is 0.847. The maximum atomic E-state index is 12.6. The number of amides is 1. The zero-order valence-corrected chi connectivity index (χ0v) is 20.8. The van der Waals surface area contributed by atoms with Crippen LogP contribution >= 0.6 is 11.8 Å². The molecule has 0 aliphatic carbocycles. The predicted molar refractivity (Wildman–Crippen MR) is 124 cm³/mol. The number of rotatable bonds is 5. The number of thioether (sulfide) groups is 1. The summed E-state index contributed by atoms with van der Waals surface area (Å²) in [4.78, 5) is 23.4. The Morgan fingerprint density at radius 1 is 1.19 bits per heavy atom. The summed E-state index contributed by atoms with van der Waals surface area (Å²) in [6.45, 7) is 14.6. The normalized spacial score (nSPS) is 23.1. The number of carbonyl (C=O) groups is 1. The van der Waals surface area contributed by atoms with Crippen molar-refractivity contribution in [2.75, 3.05) is 12.3 Å². The molecule has 2 aliphatic heterocycles. The van der Waals surface area contributed by atoms with Crippen molar-refractivity contribution in [3.63, 3.8) is 0 Å². The molecule has 2 saturated heterocycles. The van der Waals surface area contributed by atoms with E-state index in [4.69, 9.17) is 14.0 Å². The summed E-state index contributed by atoms with van der Waals surface area (Å²) >= 11 is 1.61. The van der Waals surface area contributed by atoms with Gasteiger partial charge in [0.2, 0.25) is 0 Å². The highest BCUT2D eigenvalue weighted by Crippen LogP contribution is 2.36. The van der Waals surface area contributed by atoms with E-state index in [1.54, 1.807) is 24.2 Å². The maximum Gasteiger partial charge on any atom is 0.498 e. The summed E-state index contributed by atoms with van der Waals surface area (Å²) in [7, 11) is -0.450. The van der Waals surface area contributed by atoms with E-state index in [9.17, 15) is 4.79 Å². The first kappa shape index (κ1) is 24.3. The van der Waals surface area contributed by atoms with Gasteiger partial charge in [0.05, 0.1) is 11.2 Å². The van der Waals surface area contributed by atoms with E-state index >= 15 is 0 Å². The molecule has 0 aromatic carbocycles. The van der Waals surface area contributed by atoms with Gasteiger partial charge in [0.15, 0.2) is 5.16 Å². The highest BCUT2D eigenvalue weighted by Gasteiger charge is 2.52. The molecule has 172 valence electrons. The molecule has 1 aromatic heterocycles. The Bertz CT molecular complexity index is 751. The fraction of sp³-hybridized carbons (Fsp3) is 0.773. The lowest BCUT2D eigenvalue weighted by molar-refractivity contribution is 0.00578. The van der Waals surface area contributed by atoms with Crippen molar-refractivity contribution < 1.29 is 18.8 Å². The Morgan fingerprint density at radius 2 is 1.81 bits per heavy atom. The molecule has 31 heavy (non-hydrogen) atoms. The van der Waals surface area contributed by atoms with Crippen LogP contribution in [0.5, 0.6) is 0 Å². The molecular formula is C22H36BN3O4S. The molecular weight excluding hydrogens is 413 g/mol. The smallest absolute Gasteiger partial charge is 0.444 e. The molecule has 1 atom stereocenters. The Morgan fingerprint density at radius 3 is 2.39 bits per heavy atom. The lowest BCUT2D eigenvalue weighted by atomic mass is 9.81. The van der Waals surface area contributed by atoms with E-state index in [2.05, 4.69) is 9.97 Å². The second-order valence-corrected chi connectivity index (χ2v) is 11.4. The molecule has 0 unspecified atom stereocenters. The third-order valence-electron chi connectivity index (χ3n) is 6.11. The van der Waals surface area contributed by atoms with E-state index in [0.29, 0.717) is 0 Å². The van der Waals surface area contributed by atoms with Crippen LogP contribution in [0.3, 0.4) is 0 Å². The topological polar surface area (TPSA) is 73.8 Å². The fourth-order valence-corrected chi connectivity index (χ4v) is 4.48. The molecule has 0 N–H and O–H groups in total. The van der Waals surface area contributed by atoms with Crippen LogP contribution in [0, 0.1) is 0 Å². The summed E-state index contributed by atoms with van der Waals surface area (Å²) in [5.41, 5.74) is -0.414. The van der Waals surface area contributed by atoms with Gasteiger partial charge in [0, 0.05) is 36.2 Å². The molecule has 0 radical (unpaired) electrons. The molecule has 7 nitrogen and oxygen atoms in total. The van der Waals surface area contributed by atoms with Gasteiger partial charge in [0.25, 0.3) is 0 Å². The quantitative estimate of drug-likeness (QED) is 0.382. The molecule has 3 heterocycles. The van der Waals surface area contributed by atoms with Gasteiger partial charge in [-0.1, -0.05) is 11.8 Å². The molecule has 0 saturated carbocycles. The van der Waals surface area contributed by atoms with Gasteiger partial charge in [-0.25, -0.2) is 14.8 Å². The zero-order chi connectivity index (χ0) is 22.9. The van der Waals surface area contributed by atoms with Gasteiger partial charge < -0.3 is 18.9 Å². The molecule has 0 spiro atoms. The van der Waals surface area contributed by atoms with Crippen LogP contribution in [0.25, 0.3) is 0 Å². The van der Waals surface area contributed by atoms with Crippen molar-refractivity contribution in [2.45, 2.75) is 102 Å². The number of aromatic nitrogens is 2. The van der Waals surface area contributed by atoms with Crippen LogP contribution in [-0.2, 0) is 14.0 Å². The van der Waals surface area contributed by atoms with Crippen molar-refractivity contribution >= 4 is 30.4 Å². The van der Waals surface area contributed by atoms with Crippen LogP contribution in [-0.4, -0.2) is 63.2 Å². The highest BCUT2D eigenvalue weighted by atomic mass is 32.2.